The summed E-state index contributed by atoms with van der Waals surface area (Å²) in [4.78, 5) is 13.6. The number of ketones is 1. The highest BCUT2D eigenvalue weighted by atomic mass is 79.9. The number of allylic oxidation sites excluding steroid dienone is 1. The second-order valence-corrected chi connectivity index (χ2v) is 6.55. The second-order valence-electron chi connectivity index (χ2n) is 4.69. The second kappa shape index (κ2) is 5.54. The van der Waals surface area contributed by atoms with Gasteiger partial charge in [0.2, 0.25) is 0 Å². The van der Waals surface area contributed by atoms with E-state index in [9.17, 15) is 4.79 Å². The van der Waals surface area contributed by atoms with Crippen molar-refractivity contribution in [2.45, 2.75) is 12.8 Å². The molecule has 1 aromatic carbocycles. The highest BCUT2D eigenvalue weighted by Crippen LogP contribution is 2.30. The van der Waals surface area contributed by atoms with Crippen molar-refractivity contribution < 1.29 is 9.53 Å². The molecule has 3 rings (SSSR count). The molecule has 2 aromatic rings. The van der Waals surface area contributed by atoms with Crippen molar-refractivity contribution in [1.29, 1.82) is 0 Å². The number of methoxy groups -OCH3 is 1. The Bertz CT molecular complexity index is 700. The summed E-state index contributed by atoms with van der Waals surface area (Å²) < 4.78 is 6.27. The molecule has 102 valence electrons. The minimum absolute atomic E-state index is 0.137. The van der Waals surface area contributed by atoms with E-state index in [1.807, 2.05) is 35.7 Å². The molecule has 0 atom stereocenters. The van der Waals surface area contributed by atoms with Gasteiger partial charge < -0.3 is 4.74 Å². The van der Waals surface area contributed by atoms with E-state index in [1.165, 1.54) is 0 Å². The van der Waals surface area contributed by atoms with Crippen LogP contribution in [0.15, 0.2) is 39.7 Å². The predicted octanol–water partition coefficient (Wildman–Crippen LogP) is 4.73. The molecule has 1 aliphatic carbocycles. The summed E-state index contributed by atoms with van der Waals surface area (Å²) in [6.45, 7) is 0. The number of Topliss-reactive ketones (excluding diaryl/α,β-unsaturated/α-hetero) is 1. The van der Waals surface area contributed by atoms with Crippen LogP contribution < -0.4 is 4.74 Å². The third kappa shape index (κ3) is 2.58. The lowest BCUT2D eigenvalue weighted by atomic mass is 9.86. The lowest BCUT2D eigenvalue weighted by Crippen LogP contribution is -2.14. The number of thiophene rings is 1. The summed E-state index contributed by atoms with van der Waals surface area (Å²) in [5.41, 5.74) is 2.77. The highest BCUT2D eigenvalue weighted by Gasteiger charge is 2.22. The maximum absolute atomic E-state index is 12.5. The van der Waals surface area contributed by atoms with Crippen LogP contribution in [0.3, 0.4) is 0 Å². The van der Waals surface area contributed by atoms with Gasteiger partial charge >= 0.3 is 0 Å². The summed E-state index contributed by atoms with van der Waals surface area (Å²) in [5.74, 6) is 0.949. The largest absolute Gasteiger partial charge is 0.497 e. The van der Waals surface area contributed by atoms with Gasteiger partial charge in [-0.15, -0.1) is 11.3 Å². The van der Waals surface area contributed by atoms with E-state index in [2.05, 4.69) is 15.9 Å². The summed E-state index contributed by atoms with van der Waals surface area (Å²) in [6, 6.07) is 7.72. The Morgan fingerprint density at radius 3 is 2.85 bits per heavy atom. The van der Waals surface area contributed by atoms with Gasteiger partial charge in [-0.2, -0.15) is 0 Å². The predicted molar refractivity (Wildman–Crippen MR) is 85.6 cm³/mol. The summed E-state index contributed by atoms with van der Waals surface area (Å²) in [5, 5.41) is 2.03. The van der Waals surface area contributed by atoms with Crippen molar-refractivity contribution in [2.75, 3.05) is 7.11 Å². The molecule has 0 spiro atoms. The van der Waals surface area contributed by atoms with E-state index >= 15 is 0 Å². The van der Waals surface area contributed by atoms with Gasteiger partial charge in [-0.3, -0.25) is 4.79 Å². The number of halogens is 1. The Labute approximate surface area is 130 Å². The number of fused-ring (bicyclic) bond motifs is 1. The fraction of sp³-hybridized carbons (Fsp3) is 0.188. The van der Waals surface area contributed by atoms with E-state index < -0.39 is 0 Å². The number of rotatable bonds is 2. The molecule has 0 fully saturated rings. The quantitative estimate of drug-likeness (QED) is 0.733. The summed E-state index contributed by atoms with van der Waals surface area (Å²) in [6.07, 6.45) is 3.68. The molecule has 0 saturated carbocycles. The van der Waals surface area contributed by atoms with Gasteiger partial charge in [-0.05, 0) is 64.7 Å². The Hall–Kier alpha value is -1.39. The van der Waals surface area contributed by atoms with Crippen LogP contribution in [0.25, 0.3) is 6.08 Å². The Balaban J connectivity index is 1.95. The first-order chi connectivity index (χ1) is 9.67. The third-order valence-corrected chi connectivity index (χ3v) is 5.06. The Kier molecular flexibility index (Phi) is 3.76. The monoisotopic (exact) mass is 348 g/mol. The molecule has 0 amide bonds. The molecule has 0 N–H and O–H groups in total. The molecule has 1 aliphatic rings. The standard InChI is InChI=1S/C16H13BrO2S/c1-19-13-4-5-15-10(6-13)2-3-11(16(15)18)7-14-8-12(17)9-20-14/h4-9H,2-3H2,1H3. The van der Waals surface area contributed by atoms with Crippen molar-refractivity contribution in [3.8, 4) is 5.75 Å². The number of carbonyl (C=O) groups excluding carboxylic acids is 1. The first-order valence-electron chi connectivity index (χ1n) is 6.33. The van der Waals surface area contributed by atoms with Gasteiger partial charge in [0.15, 0.2) is 5.78 Å². The van der Waals surface area contributed by atoms with Crippen LogP contribution in [0.1, 0.15) is 27.2 Å². The summed E-state index contributed by atoms with van der Waals surface area (Å²) in [7, 11) is 1.65. The van der Waals surface area contributed by atoms with Crippen molar-refractivity contribution in [2.24, 2.45) is 0 Å². The van der Waals surface area contributed by atoms with Crippen LogP contribution in [0.5, 0.6) is 5.75 Å². The molecule has 1 aromatic heterocycles. The van der Waals surface area contributed by atoms with Gasteiger partial charge in [0, 0.05) is 25.9 Å². The fourth-order valence-electron chi connectivity index (χ4n) is 2.39. The van der Waals surface area contributed by atoms with Gasteiger partial charge in [-0.1, -0.05) is 0 Å². The van der Waals surface area contributed by atoms with Crippen LogP contribution in [0.2, 0.25) is 0 Å². The minimum atomic E-state index is 0.137. The third-order valence-electron chi connectivity index (χ3n) is 3.42. The molecule has 0 bridgehead atoms. The van der Waals surface area contributed by atoms with E-state index in [0.29, 0.717) is 0 Å². The topological polar surface area (TPSA) is 26.3 Å². The number of carbonyl (C=O) groups is 1. The number of aryl methyl sites for hydroxylation is 1. The lowest BCUT2D eigenvalue weighted by molar-refractivity contribution is 0.102. The smallest absolute Gasteiger partial charge is 0.189 e. The Morgan fingerprint density at radius 1 is 1.30 bits per heavy atom. The van der Waals surface area contributed by atoms with E-state index in [-0.39, 0.29) is 5.78 Å². The molecule has 20 heavy (non-hydrogen) atoms. The Morgan fingerprint density at radius 2 is 2.15 bits per heavy atom. The van der Waals surface area contributed by atoms with E-state index in [1.54, 1.807) is 18.4 Å². The van der Waals surface area contributed by atoms with Crippen LogP contribution in [0, 0.1) is 0 Å². The van der Waals surface area contributed by atoms with Crippen LogP contribution >= 0.6 is 27.3 Å². The van der Waals surface area contributed by atoms with Crippen LogP contribution in [-0.2, 0) is 6.42 Å². The first kappa shape index (κ1) is 13.6. The molecule has 0 unspecified atom stereocenters. The molecular formula is C16H13BrO2S. The van der Waals surface area contributed by atoms with E-state index in [0.717, 1.165) is 44.6 Å². The molecule has 4 heteroatoms. The maximum atomic E-state index is 12.5. The fourth-order valence-corrected chi connectivity index (χ4v) is 3.80. The van der Waals surface area contributed by atoms with Gasteiger partial charge in [0.25, 0.3) is 0 Å². The zero-order valence-electron chi connectivity index (χ0n) is 11.0. The van der Waals surface area contributed by atoms with Crippen molar-refractivity contribution in [3.05, 3.63) is 55.7 Å². The molecular weight excluding hydrogens is 336 g/mol. The van der Waals surface area contributed by atoms with Gasteiger partial charge in [-0.25, -0.2) is 0 Å². The highest BCUT2D eigenvalue weighted by molar-refractivity contribution is 9.10. The molecule has 2 nitrogen and oxygen atoms in total. The number of benzene rings is 1. The van der Waals surface area contributed by atoms with Crippen LogP contribution in [0.4, 0.5) is 0 Å². The molecule has 0 saturated heterocycles. The van der Waals surface area contributed by atoms with E-state index in [4.69, 9.17) is 4.74 Å². The summed E-state index contributed by atoms with van der Waals surface area (Å²) >= 11 is 5.07. The zero-order valence-corrected chi connectivity index (χ0v) is 13.4. The average Bonchev–Trinajstić information content (AvgIpc) is 2.87. The van der Waals surface area contributed by atoms with Gasteiger partial charge in [0.05, 0.1) is 7.11 Å². The number of hydrogen-bond donors (Lipinski definition) is 0. The minimum Gasteiger partial charge on any atom is -0.497 e. The molecule has 0 radical (unpaired) electrons. The zero-order chi connectivity index (χ0) is 14.1. The van der Waals surface area contributed by atoms with Crippen LogP contribution in [-0.4, -0.2) is 12.9 Å². The number of hydrogen-bond acceptors (Lipinski definition) is 3. The average molecular weight is 349 g/mol. The normalized spacial score (nSPS) is 16.3. The van der Waals surface area contributed by atoms with Gasteiger partial charge in [0.1, 0.15) is 5.75 Å². The SMILES string of the molecule is COc1ccc2c(c1)CCC(=Cc1cc(Br)cs1)C2=O. The van der Waals surface area contributed by atoms with Crippen molar-refractivity contribution in [3.63, 3.8) is 0 Å². The maximum Gasteiger partial charge on any atom is 0.189 e. The molecule has 0 aliphatic heterocycles. The lowest BCUT2D eigenvalue weighted by Gasteiger charge is -2.18. The van der Waals surface area contributed by atoms with Crippen molar-refractivity contribution >= 4 is 39.1 Å². The number of ether oxygens (including phenoxy) is 1. The van der Waals surface area contributed by atoms with Crippen molar-refractivity contribution in [1.82, 2.24) is 0 Å². The molecule has 1 heterocycles. The first-order valence-corrected chi connectivity index (χ1v) is 8.01.